The fourth-order valence-corrected chi connectivity index (χ4v) is 5.12. The van der Waals surface area contributed by atoms with Gasteiger partial charge >= 0.3 is 0 Å². The number of halogens is 1. The van der Waals surface area contributed by atoms with Crippen LogP contribution in [0.3, 0.4) is 0 Å². The summed E-state index contributed by atoms with van der Waals surface area (Å²) in [4.78, 5) is 19.3. The average molecular weight is 485 g/mol. The summed E-state index contributed by atoms with van der Waals surface area (Å²) >= 11 is 5.87. The number of nitrogens with zero attached hydrogens (tertiary/aromatic N) is 4. The summed E-state index contributed by atoms with van der Waals surface area (Å²) in [5, 5.41) is 10.1. The van der Waals surface area contributed by atoms with Crippen molar-refractivity contribution in [1.82, 2.24) is 9.38 Å². The number of ether oxygens (including phenoxy) is 1. The number of pyridine rings is 1. The Bertz CT molecular complexity index is 1430. The molecule has 2 unspecified atom stereocenters. The van der Waals surface area contributed by atoms with Gasteiger partial charge in [-0.25, -0.2) is 13.4 Å². The first-order chi connectivity index (χ1) is 15.7. The van der Waals surface area contributed by atoms with Gasteiger partial charge in [0.2, 0.25) is 9.84 Å². The fraction of sp³-hybridized carbons (Fsp3) is 0.261. The summed E-state index contributed by atoms with van der Waals surface area (Å²) in [6.45, 7) is 4.76. The third kappa shape index (κ3) is 4.50. The van der Waals surface area contributed by atoms with Crippen LogP contribution in [-0.2, 0) is 14.6 Å². The van der Waals surface area contributed by atoms with Crippen molar-refractivity contribution in [1.29, 1.82) is 5.26 Å². The van der Waals surface area contributed by atoms with E-state index in [-0.39, 0.29) is 22.7 Å². The van der Waals surface area contributed by atoms with E-state index < -0.39 is 20.3 Å². The number of hydrogen-bond acceptors (Lipinski definition) is 7. The van der Waals surface area contributed by atoms with Crippen molar-refractivity contribution < 1.29 is 13.2 Å². The summed E-state index contributed by atoms with van der Waals surface area (Å²) in [5.41, 5.74) is -0.0314. The van der Waals surface area contributed by atoms with Crippen LogP contribution in [0.5, 0.6) is 0 Å². The van der Waals surface area contributed by atoms with E-state index in [1.165, 1.54) is 28.7 Å². The number of fused-ring (bicyclic) bond motifs is 1. The lowest BCUT2D eigenvalue weighted by Crippen LogP contribution is -2.46. The normalized spacial score (nSPS) is 19.5. The molecule has 8 nitrogen and oxygen atoms in total. The van der Waals surface area contributed by atoms with Crippen LogP contribution in [0, 0.1) is 11.3 Å². The number of hydrogen-bond donors (Lipinski definition) is 0. The van der Waals surface area contributed by atoms with Gasteiger partial charge in [0.05, 0.1) is 22.7 Å². The van der Waals surface area contributed by atoms with Crippen LogP contribution in [0.2, 0.25) is 5.02 Å². The molecule has 2 atom stereocenters. The summed E-state index contributed by atoms with van der Waals surface area (Å²) in [6.07, 6.45) is 2.43. The lowest BCUT2D eigenvalue weighted by atomic mass is 10.2. The van der Waals surface area contributed by atoms with Gasteiger partial charge in [-0.3, -0.25) is 9.20 Å². The lowest BCUT2D eigenvalue weighted by Gasteiger charge is -2.36. The average Bonchev–Trinajstić information content (AvgIpc) is 2.78. The zero-order chi connectivity index (χ0) is 23.8. The molecule has 1 saturated heterocycles. The van der Waals surface area contributed by atoms with E-state index in [0.717, 1.165) is 6.08 Å². The topological polar surface area (TPSA) is 105 Å². The molecule has 170 valence electrons. The van der Waals surface area contributed by atoms with Gasteiger partial charge in [-0.2, -0.15) is 5.26 Å². The van der Waals surface area contributed by atoms with Gasteiger partial charge in [-0.05, 0) is 56.3 Å². The molecule has 3 heterocycles. The Kier molecular flexibility index (Phi) is 6.26. The minimum absolute atomic E-state index is 0.0223. The molecule has 1 aliphatic rings. The Labute approximate surface area is 196 Å². The van der Waals surface area contributed by atoms with Crippen LogP contribution in [-0.4, -0.2) is 43.1 Å². The van der Waals surface area contributed by atoms with Crippen LogP contribution in [0.1, 0.15) is 19.4 Å². The SMILES string of the molecule is CC1CN(c2nc3ccccn3c(=O)c2C=C(C#N)S(=O)(=O)c2ccc(Cl)cc2)CC(C)O1. The molecule has 33 heavy (non-hydrogen) atoms. The first-order valence-electron chi connectivity index (χ1n) is 10.2. The van der Waals surface area contributed by atoms with Gasteiger partial charge < -0.3 is 9.64 Å². The van der Waals surface area contributed by atoms with Crippen molar-refractivity contribution in [2.45, 2.75) is 31.0 Å². The molecule has 1 aliphatic heterocycles. The van der Waals surface area contributed by atoms with Gasteiger partial charge in [0.1, 0.15) is 22.4 Å². The smallest absolute Gasteiger partial charge is 0.267 e. The molecule has 0 aliphatic carbocycles. The monoisotopic (exact) mass is 484 g/mol. The Morgan fingerprint density at radius 3 is 2.48 bits per heavy atom. The zero-order valence-electron chi connectivity index (χ0n) is 18.0. The van der Waals surface area contributed by atoms with Crippen LogP contribution in [0.25, 0.3) is 11.7 Å². The van der Waals surface area contributed by atoms with Crippen molar-refractivity contribution in [3.05, 3.63) is 74.5 Å². The number of morpholine rings is 1. The minimum Gasteiger partial charge on any atom is -0.372 e. The standard InChI is InChI=1S/C23H21ClN4O4S/c1-15-13-27(14-16(2)32-15)22-20(23(29)28-10-4-3-5-21(28)26-22)11-19(12-25)33(30,31)18-8-6-17(24)7-9-18/h3-11,15-16H,13-14H2,1-2H3. The van der Waals surface area contributed by atoms with E-state index in [4.69, 9.17) is 16.3 Å². The van der Waals surface area contributed by atoms with E-state index in [1.54, 1.807) is 30.5 Å². The van der Waals surface area contributed by atoms with Gasteiger partial charge in [0.15, 0.2) is 0 Å². The Hall–Kier alpha value is -3.19. The highest BCUT2D eigenvalue weighted by atomic mass is 35.5. The summed E-state index contributed by atoms with van der Waals surface area (Å²) in [6, 6.07) is 12.4. The number of aromatic nitrogens is 2. The van der Waals surface area contributed by atoms with E-state index in [2.05, 4.69) is 4.98 Å². The maximum atomic E-state index is 13.4. The van der Waals surface area contributed by atoms with Crippen LogP contribution >= 0.6 is 11.6 Å². The van der Waals surface area contributed by atoms with Crippen LogP contribution in [0.4, 0.5) is 5.82 Å². The molecule has 2 aromatic heterocycles. The van der Waals surface area contributed by atoms with Crippen molar-refractivity contribution in [3.8, 4) is 6.07 Å². The molecule has 0 bridgehead atoms. The number of nitriles is 1. The molecule has 10 heteroatoms. The lowest BCUT2D eigenvalue weighted by molar-refractivity contribution is -0.00546. The number of benzene rings is 1. The molecule has 4 rings (SSSR count). The van der Waals surface area contributed by atoms with E-state index in [1.807, 2.05) is 18.7 Å². The number of anilines is 1. The quantitative estimate of drug-likeness (QED) is 0.523. The Morgan fingerprint density at radius 2 is 1.85 bits per heavy atom. The molecule has 1 fully saturated rings. The predicted octanol–water partition coefficient (Wildman–Crippen LogP) is 3.30. The third-order valence-electron chi connectivity index (χ3n) is 5.27. The summed E-state index contributed by atoms with van der Waals surface area (Å²) < 4.78 is 33.4. The molecule has 0 radical (unpaired) electrons. The molecular formula is C23H21ClN4O4S. The van der Waals surface area contributed by atoms with Gasteiger partial charge in [-0.15, -0.1) is 0 Å². The first kappa shape index (κ1) is 23.0. The second-order valence-corrected chi connectivity index (χ2v) is 10.2. The highest BCUT2D eigenvalue weighted by Crippen LogP contribution is 2.27. The van der Waals surface area contributed by atoms with Gasteiger partial charge in [-0.1, -0.05) is 17.7 Å². The Morgan fingerprint density at radius 1 is 1.18 bits per heavy atom. The number of allylic oxidation sites excluding steroid dienone is 1. The number of sulfone groups is 1. The van der Waals surface area contributed by atoms with E-state index >= 15 is 0 Å². The maximum Gasteiger partial charge on any atom is 0.267 e. The fourth-order valence-electron chi connectivity index (χ4n) is 3.85. The Balaban J connectivity index is 1.94. The van der Waals surface area contributed by atoms with Crippen molar-refractivity contribution >= 4 is 39.0 Å². The van der Waals surface area contributed by atoms with Crippen molar-refractivity contribution in [2.75, 3.05) is 18.0 Å². The van der Waals surface area contributed by atoms with E-state index in [9.17, 15) is 18.5 Å². The molecule has 0 amide bonds. The molecular weight excluding hydrogens is 464 g/mol. The maximum absolute atomic E-state index is 13.4. The summed E-state index contributed by atoms with van der Waals surface area (Å²) in [7, 11) is -4.18. The van der Waals surface area contributed by atoms with Crippen molar-refractivity contribution in [3.63, 3.8) is 0 Å². The van der Waals surface area contributed by atoms with Crippen LogP contribution in [0.15, 0.2) is 63.3 Å². The third-order valence-corrected chi connectivity index (χ3v) is 7.20. The van der Waals surface area contributed by atoms with Gasteiger partial charge in [0.25, 0.3) is 5.56 Å². The molecule has 0 saturated carbocycles. The van der Waals surface area contributed by atoms with E-state index in [0.29, 0.717) is 29.6 Å². The molecule has 0 spiro atoms. The van der Waals surface area contributed by atoms with Crippen LogP contribution < -0.4 is 10.5 Å². The molecule has 3 aromatic rings. The highest BCUT2D eigenvalue weighted by Gasteiger charge is 2.28. The zero-order valence-corrected chi connectivity index (χ0v) is 19.5. The second kappa shape index (κ2) is 8.98. The van der Waals surface area contributed by atoms with Crippen molar-refractivity contribution in [2.24, 2.45) is 0 Å². The second-order valence-electron chi connectivity index (χ2n) is 7.82. The number of rotatable bonds is 4. The molecule has 0 N–H and O–H groups in total. The first-order valence-corrected chi connectivity index (χ1v) is 12.1. The van der Waals surface area contributed by atoms with Gasteiger partial charge in [0, 0.05) is 24.3 Å². The largest absolute Gasteiger partial charge is 0.372 e. The molecule has 1 aromatic carbocycles. The highest BCUT2D eigenvalue weighted by molar-refractivity contribution is 7.95. The summed E-state index contributed by atoms with van der Waals surface area (Å²) in [5.74, 6) is 0.312. The minimum atomic E-state index is -4.18. The predicted molar refractivity (Wildman–Crippen MR) is 126 cm³/mol.